The zero-order valence-electron chi connectivity index (χ0n) is 14.3. The Hall–Kier alpha value is -1.93. The van der Waals surface area contributed by atoms with E-state index in [1.54, 1.807) is 6.92 Å². The van der Waals surface area contributed by atoms with E-state index in [0.29, 0.717) is 22.9 Å². The molecule has 0 radical (unpaired) electrons. The molecule has 0 fully saturated rings. The van der Waals surface area contributed by atoms with Crippen molar-refractivity contribution in [2.24, 2.45) is 5.92 Å². The first-order chi connectivity index (χ1) is 11.4. The highest BCUT2D eigenvalue weighted by atomic mass is 32.1. The molecule has 7 nitrogen and oxygen atoms in total. The topological polar surface area (TPSA) is 90.9 Å². The summed E-state index contributed by atoms with van der Waals surface area (Å²) in [6.45, 7) is 5.39. The molecule has 134 valence electrons. The molecule has 8 heteroatoms. The average Bonchev–Trinajstić information content (AvgIpc) is 2.87. The fourth-order valence-corrected chi connectivity index (χ4v) is 2.95. The highest BCUT2D eigenvalue weighted by molar-refractivity contribution is 7.15. The van der Waals surface area contributed by atoms with Crippen LogP contribution in [0.2, 0.25) is 0 Å². The molecule has 0 unspecified atom stereocenters. The van der Waals surface area contributed by atoms with Gasteiger partial charge in [-0.2, -0.15) is 0 Å². The van der Waals surface area contributed by atoms with Gasteiger partial charge in [-0.3, -0.25) is 4.79 Å². The van der Waals surface area contributed by atoms with Crippen molar-refractivity contribution >= 4 is 34.2 Å². The van der Waals surface area contributed by atoms with Crippen LogP contribution in [0.4, 0.5) is 5.00 Å². The van der Waals surface area contributed by atoms with Gasteiger partial charge in [0.25, 0.3) is 5.91 Å². The second-order valence-electron chi connectivity index (χ2n) is 5.43. The lowest BCUT2D eigenvalue weighted by Crippen LogP contribution is -2.23. The van der Waals surface area contributed by atoms with Crippen molar-refractivity contribution in [3.05, 3.63) is 16.5 Å². The highest BCUT2D eigenvalue weighted by Crippen LogP contribution is 2.30. The van der Waals surface area contributed by atoms with E-state index in [2.05, 4.69) is 10.1 Å². The number of esters is 2. The van der Waals surface area contributed by atoms with Gasteiger partial charge in [-0.1, -0.05) is 13.8 Å². The maximum Gasteiger partial charge on any atom is 0.341 e. The van der Waals surface area contributed by atoms with Crippen LogP contribution in [0.25, 0.3) is 0 Å². The van der Waals surface area contributed by atoms with Gasteiger partial charge in [-0.25, -0.2) is 9.59 Å². The summed E-state index contributed by atoms with van der Waals surface area (Å²) < 4.78 is 14.4. The van der Waals surface area contributed by atoms with Crippen LogP contribution >= 0.6 is 11.3 Å². The van der Waals surface area contributed by atoms with Crippen LogP contribution in [-0.2, 0) is 30.2 Å². The molecule has 0 aliphatic carbocycles. The van der Waals surface area contributed by atoms with Crippen molar-refractivity contribution in [2.75, 3.05) is 32.2 Å². The number of thiophene rings is 1. The molecule has 1 aromatic rings. The van der Waals surface area contributed by atoms with Crippen molar-refractivity contribution < 1.29 is 28.6 Å². The molecule has 0 spiro atoms. The molecule has 1 heterocycles. The number of carbonyl (C=O) groups excluding carboxylic acids is 3. The number of ether oxygens (including phenoxy) is 3. The van der Waals surface area contributed by atoms with E-state index in [-0.39, 0.29) is 13.2 Å². The predicted octanol–water partition coefficient (Wildman–Crippen LogP) is 2.25. The molecular weight excluding hydrogens is 334 g/mol. The van der Waals surface area contributed by atoms with Gasteiger partial charge in [-0.15, -0.1) is 11.3 Å². The molecule has 24 heavy (non-hydrogen) atoms. The van der Waals surface area contributed by atoms with Gasteiger partial charge < -0.3 is 19.5 Å². The van der Waals surface area contributed by atoms with Gasteiger partial charge in [0.1, 0.15) is 11.6 Å². The maximum atomic E-state index is 12.2. The molecule has 0 saturated heterocycles. The summed E-state index contributed by atoms with van der Waals surface area (Å²) in [6, 6.07) is 0. The smallest absolute Gasteiger partial charge is 0.341 e. The van der Waals surface area contributed by atoms with Gasteiger partial charge in [0.15, 0.2) is 6.61 Å². The lowest BCUT2D eigenvalue weighted by Gasteiger charge is -2.10. The quantitative estimate of drug-likeness (QED) is 0.682. The Morgan fingerprint density at radius 2 is 1.92 bits per heavy atom. The Morgan fingerprint density at radius 1 is 1.21 bits per heavy atom. The van der Waals surface area contributed by atoms with E-state index >= 15 is 0 Å². The van der Waals surface area contributed by atoms with E-state index in [0.717, 1.165) is 5.56 Å². The summed E-state index contributed by atoms with van der Waals surface area (Å²) in [4.78, 5) is 35.3. The van der Waals surface area contributed by atoms with Gasteiger partial charge in [0.05, 0.1) is 12.2 Å². The van der Waals surface area contributed by atoms with Crippen molar-refractivity contribution in [2.45, 2.75) is 27.2 Å². The molecule has 0 aliphatic rings. The SMILES string of the molecule is CCOC(=O)c1c(CC(C)C)csc1NC(=O)COC(=O)COC. The third-order valence-corrected chi connectivity index (χ3v) is 3.80. The third-order valence-electron chi connectivity index (χ3n) is 2.85. The van der Waals surface area contributed by atoms with Gasteiger partial charge in [-0.05, 0) is 30.2 Å². The molecule has 1 N–H and O–H groups in total. The molecule has 0 bridgehead atoms. The lowest BCUT2D eigenvalue weighted by molar-refractivity contribution is -0.150. The first kappa shape index (κ1) is 20.1. The van der Waals surface area contributed by atoms with Crippen LogP contribution in [0, 0.1) is 5.92 Å². The van der Waals surface area contributed by atoms with Crippen LogP contribution in [0.5, 0.6) is 0 Å². The number of amides is 1. The Balaban J connectivity index is 2.82. The minimum absolute atomic E-state index is 0.223. The summed E-state index contributed by atoms with van der Waals surface area (Å²) >= 11 is 1.25. The van der Waals surface area contributed by atoms with E-state index in [9.17, 15) is 14.4 Å². The number of hydrogen-bond donors (Lipinski definition) is 1. The van der Waals surface area contributed by atoms with E-state index in [1.807, 2.05) is 19.2 Å². The molecule has 0 aliphatic heterocycles. The zero-order valence-corrected chi connectivity index (χ0v) is 15.2. The third kappa shape index (κ3) is 6.29. The second kappa shape index (κ2) is 10.0. The van der Waals surface area contributed by atoms with Crippen LogP contribution in [0.15, 0.2) is 5.38 Å². The summed E-state index contributed by atoms with van der Waals surface area (Å²) in [7, 11) is 1.36. The van der Waals surface area contributed by atoms with Crippen molar-refractivity contribution in [1.29, 1.82) is 0 Å². The number of carbonyl (C=O) groups is 3. The lowest BCUT2D eigenvalue weighted by atomic mass is 10.0. The molecule has 1 rings (SSSR count). The number of hydrogen-bond acceptors (Lipinski definition) is 7. The number of methoxy groups -OCH3 is 1. The Kier molecular flexibility index (Phi) is 8.42. The van der Waals surface area contributed by atoms with Gasteiger partial charge >= 0.3 is 11.9 Å². The summed E-state index contributed by atoms with van der Waals surface area (Å²) in [5, 5.41) is 4.83. The highest BCUT2D eigenvalue weighted by Gasteiger charge is 2.22. The Labute approximate surface area is 145 Å². The second-order valence-corrected chi connectivity index (χ2v) is 6.31. The van der Waals surface area contributed by atoms with Crippen LogP contribution in [-0.4, -0.2) is 44.8 Å². The molecule has 1 aromatic heterocycles. The van der Waals surface area contributed by atoms with E-state index < -0.39 is 24.5 Å². The largest absolute Gasteiger partial charge is 0.462 e. The number of anilines is 1. The van der Waals surface area contributed by atoms with Gasteiger partial charge in [0.2, 0.25) is 0 Å². The normalized spacial score (nSPS) is 10.5. The molecule has 0 atom stereocenters. The van der Waals surface area contributed by atoms with Crippen molar-refractivity contribution in [3.8, 4) is 0 Å². The molecule has 0 saturated carbocycles. The van der Waals surface area contributed by atoms with Crippen molar-refractivity contribution in [3.63, 3.8) is 0 Å². The van der Waals surface area contributed by atoms with Crippen LogP contribution in [0.3, 0.4) is 0 Å². The number of nitrogens with one attached hydrogen (secondary N) is 1. The zero-order chi connectivity index (χ0) is 18.1. The standard InChI is InChI=1S/C16H23NO6S/c1-5-22-16(20)14-11(6-10(2)3)9-24-15(14)17-12(18)7-23-13(19)8-21-4/h9-10H,5-8H2,1-4H3,(H,17,18). The minimum atomic E-state index is -0.634. The molecule has 0 aromatic carbocycles. The Morgan fingerprint density at radius 3 is 2.50 bits per heavy atom. The molecule has 1 amide bonds. The monoisotopic (exact) mass is 357 g/mol. The minimum Gasteiger partial charge on any atom is -0.462 e. The summed E-state index contributed by atoms with van der Waals surface area (Å²) in [5.41, 5.74) is 1.20. The average molecular weight is 357 g/mol. The first-order valence-electron chi connectivity index (χ1n) is 7.60. The summed E-state index contributed by atoms with van der Waals surface area (Å²) in [5.74, 6) is -1.28. The number of rotatable bonds is 9. The van der Waals surface area contributed by atoms with E-state index in [1.165, 1.54) is 18.4 Å². The van der Waals surface area contributed by atoms with Crippen LogP contribution < -0.4 is 5.32 Å². The maximum absolute atomic E-state index is 12.2. The predicted molar refractivity (Wildman–Crippen MR) is 90.3 cm³/mol. The van der Waals surface area contributed by atoms with Gasteiger partial charge in [0, 0.05) is 7.11 Å². The van der Waals surface area contributed by atoms with E-state index in [4.69, 9.17) is 9.47 Å². The van der Waals surface area contributed by atoms with Crippen LogP contribution in [0.1, 0.15) is 36.7 Å². The first-order valence-corrected chi connectivity index (χ1v) is 8.48. The Bertz CT molecular complexity index is 581. The molecular formula is C16H23NO6S. The fraction of sp³-hybridized carbons (Fsp3) is 0.562. The van der Waals surface area contributed by atoms with Crippen molar-refractivity contribution in [1.82, 2.24) is 0 Å². The fourth-order valence-electron chi connectivity index (χ4n) is 1.97. The summed E-state index contributed by atoms with van der Waals surface area (Å²) in [6.07, 6.45) is 0.698.